The summed E-state index contributed by atoms with van der Waals surface area (Å²) in [6.07, 6.45) is 0.984. The number of benzene rings is 1. The highest BCUT2D eigenvalue weighted by atomic mass is 32.2. The molecule has 1 saturated heterocycles. The minimum absolute atomic E-state index is 0.318. The van der Waals surface area contributed by atoms with Crippen LogP contribution >= 0.6 is 11.8 Å². The van der Waals surface area contributed by atoms with Gasteiger partial charge in [0.2, 0.25) is 0 Å². The summed E-state index contributed by atoms with van der Waals surface area (Å²) in [6.45, 7) is 2.50. The highest BCUT2D eigenvalue weighted by Crippen LogP contribution is 2.21. The highest BCUT2D eigenvalue weighted by molar-refractivity contribution is 7.99. The summed E-state index contributed by atoms with van der Waals surface area (Å²) in [7, 11) is 0. The van der Waals surface area contributed by atoms with E-state index in [1.807, 2.05) is 24.3 Å². The third kappa shape index (κ3) is 3.45. The van der Waals surface area contributed by atoms with E-state index >= 15 is 0 Å². The van der Waals surface area contributed by atoms with Gasteiger partial charge in [-0.15, -0.1) is 11.8 Å². The van der Waals surface area contributed by atoms with Gasteiger partial charge in [-0.1, -0.05) is 31.2 Å². The van der Waals surface area contributed by atoms with Gasteiger partial charge in [0.15, 0.2) is 0 Å². The molecule has 1 heterocycles. The van der Waals surface area contributed by atoms with Crippen molar-refractivity contribution in [3.63, 3.8) is 0 Å². The first kappa shape index (κ1) is 14.7. The monoisotopic (exact) mass is 294 g/mol. The van der Waals surface area contributed by atoms with E-state index in [4.69, 9.17) is 5.11 Å². The zero-order chi connectivity index (χ0) is 14.5. The number of urea groups is 1. The molecule has 2 amide bonds. The first-order valence-corrected chi connectivity index (χ1v) is 7.70. The number of carbonyl (C=O) groups is 2. The van der Waals surface area contributed by atoms with Gasteiger partial charge in [-0.3, -0.25) is 0 Å². The number of carboxylic acid groups (broad SMARTS) is 1. The van der Waals surface area contributed by atoms with Crippen LogP contribution < -0.4 is 5.32 Å². The normalized spacial score (nSPS) is 18.1. The highest BCUT2D eigenvalue weighted by Gasteiger charge is 2.34. The van der Waals surface area contributed by atoms with Crippen LogP contribution in [0.15, 0.2) is 24.3 Å². The molecule has 6 heteroatoms. The maximum absolute atomic E-state index is 12.0. The lowest BCUT2D eigenvalue weighted by atomic mass is 10.1. The number of hydrogen-bond donors (Lipinski definition) is 2. The second-order valence-electron chi connectivity index (χ2n) is 4.65. The number of carbonyl (C=O) groups excluding carboxylic acids is 1. The van der Waals surface area contributed by atoms with Crippen LogP contribution in [0.2, 0.25) is 0 Å². The number of carboxylic acids is 1. The first-order chi connectivity index (χ1) is 9.61. The lowest BCUT2D eigenvalue weighted by molar-refractivity contribution is -0.140. The molecule has 1 aliphatic rings. The van der Waals surface area contributed by atoms with Crippen molar-refractivity contribution in [3.05, 3.63) is 35.4 Å². The van der Waals surface area contributed by atoms with Crippen LogP contribution in [-0.2, 0) is 17.8 Å². The van der Waals surface area contributed by atoms with E-state index in [-0.39, 0.29) is 6.03 Å². The molecule has 0 aliphatic carbocycles. The molecule has 1 aliphatic heterocycles. The largest absolute Gasteiger partial charge is 0.480 e. The van der Waals surface area contributed by atoms with Gasteiger partial charge in [-0.05, 0) is 17.5 Å². The van der Waals surface area contributed by atoms with E-state index in [0.29, 0.717) is 18.2 Å². The van der Waals surface area contributed by atoms with Crippen molar-refractivity contribution in [1.29, 1.82) is 0 Å². The Morgan fingerprint density at radius 2 is 2.00 bits per heavy atom. The number of nitrogens with one attached hydrogen (secondary N) is 1. The van der Waals surface area contributed by atoms with Gasteiger partial charge in [0.1, 0.15) is 6.04 Å². The predicted molar refractivity (Wildman–Crippen MR) is 78.6 cm³/mol. The molecule has 0 saturated carbocycles. The third-order valence-corrected chi connectivity index (χ3v) is 4.32. The number of aryl methyl sites for hydroxylation is 1. The van der Waals surface area contributed by atoms with E-state index in [1.54, 1.807) is 0 Å². The van der Waals surface area contributed by atoms with Gasteiger partial charge in [-0.25, -0.2) is 9.59 Å². The van der Waals surface area contributed by atoms with Crippen LogP contribution in [0.3, 0.4) is 0 Å². The Balaban J connectivity index is 1.89. The minimum Gasteiger partial charge on any atom is -0.480 e. The van der Waals surface area contributed by atoms with E-state index < -0.39 is 12.0 Å². The molecule has 1 atom stereocenters. The Hall–Kier alpha value is -1.69. The number of nitrogens with zero attached hydrogens (tertiary/aromatic N) is 1. The van der Waals surface area contributed by atoms with Crippen molar-refractivity contribution in [2.75, 3.05) is 11.6 Å². The molecule has 0 aromatic heterocycles. The Kier molecular flexibility index (Phi) is 4.89. The van der Waals surface area contributed by atoms with Crippen LogP contribution in [0.5, 0.6) is 0 Å². The molecule has 0 radical (unpaired) electrons. The van der Waals surface area contributed by atoms with Gasteiger partial charge >= 0.3 is 12.0 Å². The topological polar surface area (TPSA) is 69.6 Å². The molecule has 2 rings (SSSR count). The standard InChI is InChI=1S/C14H18N2O3S/c1-2-10-3-5-11(6-4-10)7-15-14(19)16-9-20-8-12(16)13(17)18/h3-6,12H,2,7-9H2,1H3,(H,15,19)(H,17,18)/t12-/m0/s1. The maximum Gasteiger partial charge on any atom is 0.327 e. The van der Waals surface area contributed by atoms with E-state index in [1.165, 1.54) is 22.2 Å². The predicted octanol–water partition coefficient (Wildman–Crippen LogP) is 1.92. The van der Waals surface area contributed by atoms with Crippen LogP contribution in [0.4, 0.5) is 4.79 Å². The molecular weight excluding hydrogens is 276 g/mol. The van der Waals surface area contributed by atoms with Crippen molar-refractivity contribution in [3.8, 4) is 0 Å². The second kappa shape index (κ2) is 6.65. The van der Waals surface area contributed by atoms with Crippen molar-refractivity contribution in [2.45, 2.75) is 25.9 Å². The first-order valence-electron chi connectivity index (χ1n) is 6.54. The molecule has 1 fully saturated rings. The number of hydrogen-bond acceptors (Lipinski definition) is 3. The summed E-state index contributed by atoms with van der Waals surface area (Å²) in [4.78, 5) is 24.4. The molecule has 0 spiro atoms. The van der Waals surface area contributed by atoms with Crippen LogP contribution in [0, 0.1) is 0 Å². The van der Waals surface area contributed by atoms with Crippen molar-refractivity contribution >= 4 is 23.8 Å². The molecule has 0 unspecified atom stereocenters. The summed E-state index contributed by atoms with van der Waals surface area (Å²) in [5, 5.41) is 11.8. The second-order valence-corrected chi connectivity index (χ2v) is 5.65. The van der Waals surface area contributed by atoms with Crippen molar-refractivity contribution in [2.24, 2.45) is 0 Å². The zero-order valence-corrected chi connectivity index (χ0v) is 12.2. The molecule has 2 N–H and O–H groups in total. The van der Waals surface area contributed by atoms with Gasteiger partial charge in [-0.2, -0.15) is 0 Å². The Morgan fingerprint density at radius 3 is 2.60 bits per heavy atom. The van der Waals surface area contributed by atoms with Gasteiger partial charge < -0.3 is 15.3 Å². The van der Waals surface area contributed by atoms with E-state index in [2.05, 4.69) is 12.2 Å². The van der Waals surface area contributed by atoms with Crippen LogP contribution in [0.25, 0.3) is 0 Å². The molecule has 108 valence electrons. The summed E-state index contributed by atoms with van der Waals surface area (Å²) >= 11 is 1.46. The number of thioether (sulfide) groups is 1. The number of aliphatic carboxylic acids is 1. The Labute approximate surface area is 122 Å². The molecule has 0 bridgehead atoms. The fourth-order valence-corrected chi connectivity index (χ4v) is 3.16. The number of rotatable bonds is 4. The fraction of sp³-hybridized carbons (Fsp3) is 0.429. The molecule has 20 heavy (non-hydrogen) atoms. The Morgan fingerprint density at radius 1 is 1.35 bits per heavy atom. The quantitative estimate of drug-likeness (QED) is 0.890. The molecule has 1 aromatic rings. The molecule has 5 nitrogen and oxygen atoms in total. The number of amides is 2. The summed E-state index contributed by atoms with van der Waals surface area (Å²) in [5.74, 6) is -0.0663. The van der Waals surface area contributed by atoms with Crippen molar-refractivity contribution < 1.29 is 14.7 Å². The van der Waals surface area contributed by atoms with Gasteiger partial charge in [0.05, 0.1) is 5.88 Å². The van der Waals surface area contributed by atoms with E-state index in [0.717, 1.165) is 12.0 Å². The SMILES string of the molecule is CCc1ccc(CNC(=O)N2CSC[C@H]2C(=O)O)cc1. The van der Waals surface area contributed by atoms with Crippen LogP contribution in [-0.4, -0.2) is 39.7 Å². The summed E-state index contributed by atoms with van der Waals surface area (Å²) in [5.41, 5.74) is 2.26. The lowest BCUT2D eigenvalue weighted by Gasteiger charge is -2.20. The minimum atomic E-state index is -0.947. The van der Waals surface area contributed by atoms with Crippen LogP contribution in [0.1, 0.15) is 18.1 Å². The smallest absolute Gasteiger partial charge is 0.327 e. The summed E-state index contributed by atoms with van der Waals surface area (Å²) < 4.78 is 0. The zero-order valence-electron chi connectivity index (χ0n) is 11.3. The third-order valence-electron chi connectivity index (χ3n) is 3.30. The van der Waals surface area contributed by atoms with Gasteiger partial charge in [0, 0.05) is 12.3 Å². The van der Waals surface area contributed by atoms with Crippen molar-refractivity contribution in [1.82, 2.24) is 10.2 Å². The summed E-state index contributed by atoms with van der Waals surface area (Å²) in [6, 6.07) is 6.99. The lowest BCUT2D eigenvalue weighted by Crippen LogP contribution is -2.46. The van der Waals surface area contributed by atoms with E-state index in [9.17, 15) is 9.59 Å². The average Bonchev–Trinajstić information content (AvgIpc) is 2.95. The Bertz CT molecular complexity index is 490. The van der Waals surface area contributed by atoms with Gasteiger partial charge in [0.25, 0.3) is 0 Å². The maximum atomic E-state index is 12.0. The average molecular weight is 294 g/mol. The molecular formula is C14H18N2O3S. The molecule has 1 aromatic carbocycles. The fourth-order valence-electron chi connectivity index (χ4n) is 2.02.